The van der Waals surface area contributed by atoms with Crippen LogP contribution < -0.4 is 5.32 Å². The normalized spacial score (nSPS) is 11.1. The van der Waals surface area contributed by atoms with Crippen molar-refractivity contribution in [2.75, 3.05) is 5.32 Å². The van der Waals surface area contributed by atoms with Crippen molar-refractivity contribution in [2.45, 2.75) is 39.8 Å². The van der Waals surface area contributed by atoms with Crippen LogP contribution in [0.4, 0.5) is 5.95 Å². The molecule has 0 aliphatic carbocycles. The third-order valence-electron chi connectivity index (χ3n) is 4.95. The molecule has 0 saturated heterocycles. The van der Waals surface area contributed by atoms with Gasteiger partial charge in [-0.05, 0) is 43.8 Å². The highest BCUT2D eigenvalue weighted by molar-refractivity contribution is 7.71. The number of imidazole rings is 1. The quantitative estimate of drug-likeness (QED) is 0.425. The summed E-state index contributed by atoms with van der Waals surface area (Å²) in [7, 11) is 0. The van der Waals surface area contributed by atoms with E-state index in [9.17, 15) is 4.79 Å². The summed E-state index contributed by atoms with van der Waals surface area (Å²) in [4.78, 5) is 17.3. The Balaban J connectivity index is 1.52. The van der Waals surface area contributed by atoms with Crippen LogP contribution in [0.25, 0.3) is 22.4 Å². The molecule has 0 radical (unpaired) electrons. The second kappa shape index (κ2) is 8.62. The molecule has 0 aliphatic rings. The number of rotatable bonds is 7. The van der Waals surface area contributed by atoms with E-state index in [0.29, 0.717) is 17.3 Å². The molecule has 154 valence electrons. The third-order valence-corrected chi connectivity index (χ3v) is 5.26. The van der Waals surface area contributed by atoms with Crippen LogP contribution in [0.15, 0.2) is 48.5 Å². The molecule has 7 nitrogen and oxygen atoms in total. The minimum atomic E-state index is -0.110. The van der Waals surface area contributed by atoms with E-state index in [1.807, 2.05) is 54.0 Å². The number of nitrogens with one attached hydrogen (secondary N) is 2. The Bertz CT molecular complexity index is 1250. The van der Waals surface area contributed by atoms with Gasteiger partial charge in [-0.3, -0.25) is 19.8 Å². The number of aromatic amines is 1. The summed E-state index contributed by atoms with van der Waals surface area (Å²) in [5.41, 5.74) is 4.00. The highest BCUT2D eigenvalue weighted by Gasteiger charge is 2.14. The molecule has 4 rings (SSSR count). The topological polar surface area (TPSA) is 80.5 Å². The molecule has 0 saturated carbocycles. The zero-order valence-corrected chi connectivity index (χ0v) is 17.9. The van der Waals surface area contributed by atoms with Crippen LogP contribution in [0.2, 0.25) is 0 Å². The number of aryl methyl sites for hydroxylation is 2. The zero-order valence-electron chi connectivity index (χ0n) is 17.1. The van der Waals surface area contributed by atoms with Gasteiger partial charge in [0.25, 0.3) is 0 Å². The predicted molar refractivity (Wildman–Crippen MR) is 121 cm³/mol. The SMILES string of the molecule is CCCn1c(NC(=O)CCn2c(-c3cccc(C)c3)n[nH]c2=S)nc2ccccc21. The van der Waals surface area contributed by atoms with Gasteiger partial charge in [0, 0.05) is 25.1 Å². The van der Waals surface area contributed by atoms with Gasteiger partial charge >= 0.3 is 0 Å². The van der Waals surface area contributed by atoms with Crippen molar-refractivity contribution >= 4 is 35.1 Å². The molecule has 2 N–H and O–H groups in total. The van der Waals surface area contributed by atoms with Crippen molar-refractivity contribution < 1.29 is 4.79 Å². The number of amides is 1. The first-order chi connectivity index (χ1) is 14.6. The molecule has 0 spiro atoms. The lowest BCUT2D eigenvalue weighted by Crippen LogP contribution is -2.18. The number of anilines is 1. The van der Waals surface area contributed by atoms with E-state index in [4.69, 9.17) is 12.2 Å². The standard InChI is InChI=1S/C22H24N6OS/c1-3-12-27-18-10-5-4-9-17(18)23-21(27)24-19(29)11-13-28-20(25-26-22(28)30)16-8-6-7-15(2)14-16/h4-10,14H,3,11-13H2,1-2H3,(H,26,30)(H,23,24,29). The predicted octanol–water partition coefficient (Wildman–Crippen LogP) is 4.70. The summed E-state index contributed by atoms with van der Waals surface area (Å²) >= 11 is 5.38. The van der Waals surface area contributed by atoms with Crippen molar-refractivity contribution in [3.8, 4) is 11.4 Å². The fourth-order valence-corrected chi connectivity index (χ4v) is 3.77. The molecule has 0 fully saturated rings. The lowest BCUT2D eigenvalue weighted by Gasteiger charge is -2.10. The van der Waals surface area contributed by atoms with E-state index in [1.165, 1.54) is 0 Å². The lowest BCUT2D eigenvalue weighted by molar-refractivity contribution is -0.116. The molecule has 0 unspecified atom stereocenters. The summed E-state index contributed by atoms with van der Waals surface area (Å²) < 4.78 is 4.41. The molecule has 4 aromatic rings. The molecule has 0 atom stereocenters. The number of H-pyrrole nitrogens is 1. The number of fused-ring (bicyclic) bond motifs is 1. The number of aromatic nitrogens is 5. The largest absolute Gasteiger partial charge is 0.310 e. The smallest absolute Gasteiger partial charge is 0.228 e. The maximum atomic E-state index is 12.7. The number of carbonyl (C=O) groups is 1. The first-order valence-corrected chi connectivity index (χ1v) is 10.4. The maximum absolute atomic E-state index is 12.7. The average Bonchev–Trinajstić information content (AvgIpc) is 3.27. The summed E-state index contributed by atoms with van der Waals surface area (Å²) in [6, 6.07) is 16.0. The van der Waals surface area contributed by atoms with Gasteiger partial charge in [0.15, 0.2) is 10.6 Å². The molecule has 2 heterocycles. The van der Waals surface area contributed by atoms with Crippen molar-refractivity contribution in [3.63, 3.8) is 0 Å². The summed E-state index contributed by atoms with van der Waals surface area (Å²) in [5, 5.41) is 10.2. The molecule has 8 heteroatoms. The minimum Gasteiger partial charge on any atom is -0.310 e. The van der Waals surface area contributed by atoms with Gasteiger partial charge in [-0.2, -0.15) is 5.10 Å². The molecule has 1 amide bonds. The number of hydrogen-bond acceptors (Lipinski definition) is 4. The summed E-state index contributed by atoms with van der Waals surface area (Å²) in [6.07, 6.45) is 1.22. The monoisotopic (exact) mass is 420 g/mol. The Hall–Kier alpha value is -3.26. The van der Waals surface area contributed by atoms with E-state index >= 15 is 0 Å². The van der Waals surface area contributed by atoms with E-state index < -0.39 is 0 Å². The van der Waals surface area contributed by atoms with Crippen LogP contribution in [0.5, 0.6) is 0 Å². The Morgan fingerprint density at radius 2 is 1.97 bits per heavy atom. The van der Waals surface area contributed by atoms with Crippen molar-refractivity contribution in [1.29, 1.82) is 0 Å². The van der Waals surface area contributed by atoms with Gasteiger partial charge in [-0.1, -0.05) is 42.8 Å². The number of carbonyl (C=O) groups excluding carboxylic acids is 1. The molecular weight excluding hydrogens is 396 g/mol. The Morgan fingerprint density at radius 1 is 1.13 bits per heavy atom. The van der Waals surface area contributed by atoms with E-state index in [2.05, 4.69) is 38.1 Å². The van der Waals surface area contributed by atoms with Crippen molar-refractivity contribution in [2.24, 2.45) is 0 Å². The summed E-state index contributed by atoms with van der Waals surface area (Å²) in [6.45, 7) is 5.36. The average molecular weight is 421 g/mol. The van der Waals surface area contributed by atoms with Crippen LogP contribution >= 0.6 is 12.2 Å². The highest BCUT2D eigenvalue weighted by Crippen LogP contribution is 2.21. The van der Waals surface area contributed by atoms with E-state index in [-0.39, 0.29) is 12.3 Å². The van der Waals surface area contributed by atoms with Crippen LogP contribution in [0.1, 0.15) is 25.3 Å². The van der Waals surface area contributed by atoms with Crippen LogP contribution in [-0.4, -0.2) is 30.2 Å². The Morgan fingerprint density at radius 3 is 2.77 bits per heavy atom. The Kier molecular flexibility index (Phi) is 5.76. The highest BCUT2D eigenvalue weighted by atomic mass is 32.1. The van der Waals surface area contributed by atoms with Gasteiger partial charge < -0.3 is 4.57 Å². The van der Waals surface area contributed by atoms with Crippen molar-refractivity contribution in [1.82, 2.24) is 24.3 Å². The number of nitrogens with zero attached hydrogens (tertiary/aromatic N) is 4. The third kappa shape index (κ3) is 4.04. The van der Waals surface area contributed by atoms with Crippen LogP contribution in [-0.2, 0) is 17.9 Å². The van der Waals surface area contributed by atoms with Crippen LogP contribution in [0.3, 0.4) is 0 Å². The van der Waals surface area contributed by atoms with Crippen molar-refractivity contribution in [3.05, 3.63) is 58.9 Å². The molecule has 0 aliphatic heterocycles. The summed E-state index contributed by atoms with van der Waals surface area (Å²) in [5.74, 6) is 1.20. The van der Waals surface area contributed by atoms with E-state index in [1.54, 1.807) is 0 Å². The number of hydrogen-bond donors (Lipinski definition) is 2. The number of para-hydroxylation sites is 2. The molecule has 30 heavy (non-hydrogen) atoms. The van der Waals surface area contributed by atoms with Gasteiger partial charge in [-0.25, -0.2) is 4.98 Å². The number of benzene rings is 2. The minimum absolute atomic E-state index is 0.110. The fourth-order valence-electron chi connectivity index (χ4n) is 3.55. The first kappa shape index (κ1) is 20.0. The zero-order chi connectivity index (χ0) is 21.1. The second-order valence-corrected chi connectivity index (χ2v) is 7.63. The first-order valence-electron chi connectivity index (χ1n) is 10.0. The lowest BCUT2D eigenvalue weighted by atomic mass is 10.1. The van der Waals surface area contributed by atoms with Gasteiger partial charge in [0.05, 0.1) is 11.0 Å². The molecule has 2 aromatic carbocycles. The fraction of sp³-hybridized carbons (Fsp3) is 0.273. The van der Waals surface area contributed by atoms with Crippen LogP contribution in [0, 0.1) is 11.7 Å². The second-order valence-electron chi connectivity index (χ2n) is 7.25. The molecule has 2 aromatic heterocycles. The van der Waals surface area contributed by atoms with E-state index in [0.717, 1.165) is 41.0 Å². The Labute approximate surface area is 179 Å². The maximum Gasteiger partial charge on any atom is 0.228 e. The van der Waals surface area contributed by atoms with Gasteiger partial charge in [0.2, 0.25) is 11.9 Å². The molecular formula is C22H24N6OS. The van der Waals surface area contributed by atoms with Gasteiger partial charge in [-0.15, -0.1) is 0 Å². The molecule has 0 bridgehead atoms. The van der Waals surface area contributed by atoms with Gasteiger partial charge in [0.1, 0.15) is 0 Å².